The van der Waals surface area contributed by atoms with Gasteiger partial charge < -0.3 is 5.32 Å². The molecule has 3 aromatic heterocycles. The Balaban J connectivity index is 1.47. The molecule has 30 heavy (non-hydrogen) atoms. The average Bonchev–Trinajstić information content (AvgIpc) is 3.29. The number of nitrogens with one attached hydrogen (secondary N) is 2. The summed E-state index contributed by atoms with van der Waals surface area (Å²) < 4.78 is 27.6. The topological polar surface area (TPSA) is 96.9 Å². The summed E-state index contributed by atoms with van der Waals surface area (Å²) in [7, 11) is -3.75. The Labute approximate surface area is 186 Å². The molecule has 2 N–H and O–H groups in total. The maximum atomic E-state index is 12.5. The molecule has 0 aliphatic rings. The van der Waals surface area contributed by atoms with E-state index in [1.165, 1.54) is 23.6 Å². The number of hydrogen-bond donors (Lipinski definition) is 2. The number of hydrogen-bond acceptors (Lipinski definition) is 8. The quantitative estimate of drug-likeness (QED) is 0.382. The first-order valence-electron chi connectivity index (χ1n) is 8.71. The average molecular weight is 478 g/mol. The van der Waals surface area contributed by atoms with E-state index in [1.807, 2.05) is 19.2 Å². The molecule has 154 valence electrons. The van der Waals surface area contributed by atoms with E-state index in [0.29, 0.717) is 21.7 Å². The molecule has 0 aliphatic carbocycles. The van der Waals surface area contributed by atoms with Crippen LogP contribution in [0.3, 0.4) is 0 Å². The molecule has 0 saturated heterocycles. The van der Waals surface area contributed by atoms with Gasteiger partial charge in [0.25, 0.3) is 10.0 Å². The normalized spacial score (nSPS) is 11.4. The third-order valence-electron chi connectivity index (χ3n) is 4.02. The van der Waals surface area contributed by atoms with Crippen molar-refractivity contribution >= 4 is 60.9 Å². The van der Waals surface area contributed by atoms with Gasteiger partial charge in [0.15, 0.2) is 5.13 Å². The van der Waals surface area contributed by atoms with Crippen molar-refractivity contribution in [3.63, 3.8) is 0 Å². The van der Waals surface area contributed by atoms with Crippen molar-refractivity contribution in [2.45, 2.75) is 18.7 Å². The van der Waals surface area contributed by atoms with Crippen molar-refractivity contribution in [1.82, 2.24) is 15.0 Å². The molecule has 4 aromatic rings. The summed E-state index contributed by atoms with van der Waals surface area (Å²) in [6.45, 7) is 3.93. The van der Waals surface area contributed by atoms with Crippen LogP contribution in [0.15, 0.2) is 52.9 Å². The molecule has 0 amide bonds. The minimum atomic E-state index is -3.75. The van der Waals surface area contributed by atoms with E-state index in [1.54, 1.807) is 41.7 Å². The lowest BCUT2D eigenvalue weighted by Gasteiger charge is -2.08. The third kappa shape index (κ3) is 4.62. The van der Waals surface area contributed by atoms with E-state index in [0.717, 1.165) is 21.3 Å². The predicted molar refractivity (Wildman–Crippen MR) is 122 cm³/mol. The molecule has 0 saturated carbocycles. The fourth-order valence-electron chi connectivity index (χ4n) is 2.66. The first-order chi connectivity index (χ1) is 14.3. The number of thiazole rings is 2. The van der Waals surface area contributed by atoms with Gasteiger partial charge in [0.2, 0.25) is 0 Å². The SMILES string of the molecule is Cc1nc(C)c(-c2csc(Nc3ccc(S(=O)(=O)Nc4ccc(Cl)cc4)cn3)n2)s1. The van der Waals surface area contributed by atoms with E-state index < -0.39 is 10.0 Å². The van der Waals surface area contributed by atoms with Gasteiger partial charge in [0.05, 0.1) is 21.3 Å². The van der Waals surface area contributed by atoms with Crippen molar-refractivity contribution < 1.29 is 8.42 Å². The van der Waals surface area contributed by atoms with Gasteiger partial charge in [-0.1, -0.05) is 11.6 Å². The summed E-state index contributed by atoms with van der Waals surface area (Å²) in [5.74, 6) is 0.499. The van der Waals surface area contributed by atoms with Crippen LogP contribution in [0.4, 0.5) is 16.6 Å². The number of sulfonamides is 1. The number of halogens is 1. The number of benzene rings is 1. The third-order valence-corrected chi connectivity index (χ3v) is 7.49. The lowest BCUT2D eigenvalue weighted by Crippen LogP contribution is -2.13. The predicted octanol–water partition coefficient (Wildman–Crippen LogP) is 5.48. The van der Waals surface area contributed by atoms with Crippen LogP contribution in [0, 0.1) is 13.8 Å². The summed E-state index contributed by atoms with van der Waals surface area (Å²) in [6, 6.07) is 9.49. The van der Waals surface area contributed by atoms with Crippen LogP contribution < -0.4 is 10.0 Å². The molecule has 0 bridgehead atoms. The van der Waals surface area contributed by atoms with Crippen LogP contribution in [0.5, 0.6) is 0 Å². The zero-order chi connectivity index (χ0) is 21.3. The Morgan fingerprint density at radius 2 is 1.80 bits per heavy atom. The Morgan fingerprint density at radius 3 is 2.43 bits per heavy atom. The van der Waals surface area contributed by atoms with Crippen molar-refractivity contribution in [3.05, 3.63) is 63.7 Å². The Hall–Kier alpha value is -2.53. The van der Waals surface area contributed by atoms with Gasteiger partial charge in [-0.15, -0.1) is 22.7 Å². The van der Waals surface area contributed by atoms with Crippen LogP contribution in [-0.2, 0) is 10.0 Å². The van der Waals surface area contributed by atoms with Crippen LogP contribution in [0.1, 0.15) is 10.7 Å². The van der Waals surface area contributed by atoms with Crippen molar-refractivity contribution in [2.24, 2.45) is 0 Å². The summed E-state index contributed by atoms with van der Waals surface area (Å²) in [5.41, 5.74) is 2.23. The fourth-order valence-corrected chi connectivity index (χ4v) is 5.45. The zero-order valence-corrected chi connectivity index (χ0v) is 19.1. The highest BCUT2D eigenvalue weighted by Crippen LogP contribution is 2.32. The molecular formula is C19H16ClN5O2S3. The summed E-state index contributed by atoms with van der Waals surface area (Å²) in [5, 5.41) is 7.25. The number of aryl methyl sites for hydroxylation is 2. The molecule has 3 heterocycles. The first-order valence-corrected chi connectivity index (χ1v) is 12.3. The van der Waals surface area contributed by atoms with Crippen molar-refractivity contribution in [1.29, 1.82) is 0 Å². The molecule has 11 heteroatoms. The number of rotatable bonds is 6. The van der Waals surface area contributed by atoms with Gasteiger partial charge in [0.1, 0.15) is 10.7 Å². The Kier molecular flexibility index (Phi) is 5.74. The molecule has 0 aliphatic heterocycles. The summed E-state index contributed by atoms with van der Waals surface area (Å²) in [4.78, 5) is 14.3. The summed E-state index contributed by atoms with van der Waals surface area (Å²) >= 11 is 8.87. The molecule has 7 nitrogen and oxygen atoms in total. The van der Waals surface area contributed by atoms with E-state index in [9.17, 15) is 8.42 Å². The van der Waals surface area contributed by atoms with Crippen LogP contribution in [-0.4, -0.2) is 23.4 Å². The highest BCUT2D eigenvalue weighted by molar-refractivity contribution is 7.92. The first kappa shape index (κ1) is 20.7. The number of anilines is 3. The van der Waals surface area contributed by atoms with E-state index in [4.69, 9.17) is 11.6 Å². The zero-order valence-electron chi connectivity index (χ0n) is 15.9. The fraction of sp³-hybridized carbons (Fsp3) is 0.105. The summed E-state index contributed by atoms with van der Waals surface area (Å²) in [6.07, 6.45) is 1.30. The largest absolute Gasteiger partial charge is 0.316 e. The second-order valence-electron chi connectivity index (χ2n) is 6.30. The lowest BCUT2D eigenvalue weighted by molar-refractivity contribution is 0.601. The van der Waals surface area contributed by atoms with Gasteiger partial charge in [0, 0.05) is 22.3 Å². The number of pyridine rings is 1. The van der Waals surface area contributed by atoms with Crippen LogP contribution >= 0.6 is 34.3 Å². The van der Waals surface area contributed by atoms with Gasteiger partial charge in [-0.3, -0.25) is 4.72 Å². The van der Waals surface area contributed by atoms with E-state index >= 15 is 0 Å². The van der Waals surface area contributed by atoms with E-state index in [-0.39, 0.29) is 4.90 Å². The van der Waals surface area contributed by atoms with Crippen LogP contribution in [0.2, 0.25) is 5.02 Å². The molecule has 0 radical (unpaired) electrons. The van der Waals surface area contributed by atoms with E-state index in [2.05, 4.69) is 25.0 Å². The monoisotopic (exact) mass is 477 g/mol. The Morgan fingerprint density at radius 1 is 1.03 bits per heavy atom. The van der Waals surface area contributed by atoms with Gasteiger partial charge in [-0.25, -0.2) is 23.4 Å². The molecule has 4 rings (SSSR count). The second kappa shape index (κ2) is 8.31. The number of aromatic nitrogens is 3. The van der Waals surface area contributed by atoms with Gasteiger partial charge in [-0.2, -0.15) is 0 Å². The van der Waals surface area contributed by atoms with Crippen molar-refractivity contribution in [2.75, 3.05) is 10.0 Å². The van der Waals surface area contributed by atoms with Gasteiger partial charge >= 0.3 is 0 Å². The standard InChI is InChI=1S/C19H16ClN5O2S3/c1-11-18(29-12(2)22-11)16-10-28-19(23-16)24-17-8-7-15(9-21-17)30(26,27)25-14-5-3-13(20)4-6-14/h3-10,25H,1-2H3,(H,21,23,24). The molecule has 0 fully saturated rings. The minimum Gasteiger partial charge on any atom is -0.316 e. The minimum absolute atomic E-state index is 0.0542. The second-order valence-corrected chi connectivity index (χ2v) is 10.5. The molecule has 0 atom stereocenters. The number of nitrogens with zero attached hydrogens (tertiary/aromatic N) is 3. The maximum Gasteiger partial charge on any atom is 0.263 e. The molecule has 1 aromatic carbocycles. The maximum absolute atomic E-state index is 12.5. The smallest absolute Gasteiger partial charge is 0.263 e. The molecule has 0 unspecified atom stereocenters. The lowest BCUT2D eigenvalue weighted by atomic mass is 10.3. The van der Waals surface area contributed by atoms with Crippen LogP contribution in [0.25, 0.3) is 10.6 Å². The molecular weight excluding hydrogens is 462 g/mol. The highest BCUT2D eigenvalue weighted by atomic mass is 35.5. The van der Waals surface area contributed by atoms with Gasteiger partial charge in [-0.05, 0) is 50.2 Å². The van der Waals surface area contributed by atoms with Crippen molar-refractivity contribution in [3.8, 4) is 10.6 Å². The molecule has 0 spiro atoms. The Bertz CT molecular complexity index is 1280. The highest BCUT2D eigenvalue weighted by Gasteiger charge is 2.16.